The van der Waals surface area contributed by atoms with Gasteiger partial charge in [-0.05, 0) is 45.4 Å². The predicted molar refractivity (Wildman–Crippen MR) is 74.1 cm³/mol. The molecule has 0 aliphatic rings. The van der Waals surface area contributed by atoms with Gasteiger partial charge in [-0.15, -0.1) is 11.3 Å². The second-order valence-electron chi connectivity index (χ2n) is 3.47. The summed E-state index contributed by atoms with van der Waals surface area (Å²) in [6.07, 6.45) is 0. The van der Waals surface area contributed by atoms with Gasteiger partial charge in [-0.25, -0.2) is 9.97 Å². The lowest BCUT2D eigenvalue weighted by Crippen LogP contribution is -2.01. The summed E-state index contributed by atoms with van der Waals surface area (Å²) in [7, 11) is 0. The highest BCUT2D eigenvalue weighted by Gasteiger charge is 2.07. The van der Waals surface area contributed by atoms with Gasteiger partial charge in [0.25, 0.3) is 0 Å². The Balaban J connectivity index is 1.91. The second kappa shape index (κ2) is 4.60. The molecular formula is C11H8ClN3S2. The van der Waals surface area contributed by atoms with Crippen LogP contribution in [0, 0.1) is 0 Å². The van der Waals surface area contributed by atoms with Gasteiger partial charge < -0.3 is 5.32 Å². The molecule has 0 spiro atoms. The summed E-state index contributed by atoms with van der Waals surface area (Å²) in [5.41, 5.74) is 1.24. The molecule has 17 heavy (non-hydrogen) atoms. The minimum atomic E-state index is 0.285. The lowest BCUT2D eigenvalue weighted by molar-refractivity contribution is 1.11. The Labute approximate surface area is 111 Å². The summed E-state index contributed by atoms with van der Waals surface area (Å²) in [6, 6.07) is 4.09. The van der Waals surface area contributed by atoms with E-state index in [2.05, 4.69) is 32.1 Å². The van der Waals surface area contributed by atoms with Crippen molar-refractivity contribution in [2.45, 2.75) is 6.54 Å². The number of nitrogens with one attached hydrogen (secondary N) is 1. The number of thiophene rings is 2. The molecule has 0 aliphatic heterocycles. The Morgan fingerprint density at radius 3 is 3.00 bits per heavy atom. The molecule has 0 fully saturated rings. The number of anilines is 1. The average Bonchev–Trinajstić information content (AvgIpc) is 2.95. The molecule has 3 rings (SSSR count). The number of nitrogens with zero attached hydrogens (tertiary/aromatic N) is 2. The van der Waals surface area contributed by atoms with Crippen LogP contribution in [0.5, 0.6) is 0 Å². The van der Waals surface area contributed by atoms with Crippen LogP contribution in [0.25, 0.3) is 10.2 Å². The van der Waals surface area contributed by atoms with Gasteiger partial charge in [0.2, 0.25) is 5.28 Å². The summed E-state index contributed by atoms with van der Waals surface area (Å²) >= 11 is 9.14. The molecule has 86 valence electrons. The minimum Gasteiger partial charge on any atom is -0.365 e. The third-order valence-corrected chi connectivity index (χ3v) is 4.05. The molecule has 0 radical (unpaired) electrons. The van der Waals surface area contributed by atoms with Crippen LogP contribution in [0.4, 0.5) is 5.82 Å². The summed E-state index contributed by atoms with van der Waals surface area (Å²) < 4.78 is 0. The average molecular weight is 282 g/mol. The normalized spacial score (nSPS) is 10.9. The van der Waals surface area contributed by atoms with E-state index in [0.717, 1.165) is 22.6 Å². The first-order chi connectivity index (χ1) is 8.33. The van der Waals surface area contributed by atoms with E-state index < -0.39 is 0 Å². The first-order valence-corrected chi connectivity index (χ1v) is 7.18. The zero-order valence-electron chi connectivity index (χ0n) is 8.68. The van der Waals surface area contributed by atoms with Crippen molar-refractivity contribution in [2.75, 3.05) is 5.32 Å². The topological polar surface area (TPSA) is 37.8 Å². The molecule has 1 N–H and O–H groups in total. The maximum atomic E-state index is 5.89. The molecule has 3 heterocycles. The number of hydrogen-bond donors (Lipinski definition) is 1. The van der Waals surface area contributed by atoms with Crippen molar-refractivity contribution in [1.29, 1.82) is 0 Å². The van der Waals surface area contributed by atoms with E-state index in [4.69, 9.17) is 11.6 Å². The van der Waals surface area contributed by atoms with E-state index in [0.29, 0.717) is 0 Å². The molecule has 3 aromatic rings. The highest BCUT2D eigenvalue weighted by molar-refractivity contribution is 7.16. The molecule has 0 unspecified atom stereocenters. The number of fused-ring (bicyclic) bond motifs is 1. The van der Waals surface area contributed by atoms with E-state index in [1.807, 2.05) is 11.4 Å². The molecule has 0 aromatic carbocycles. The Bertz CT molecular complexity index is 633. The highest BCUT2D eigenvalue weighted by atomic mass is 35.5. The van der Waals surface area contributed by atoms with E-state index in [9.17, 15) is 0 Å². The van der Waals surface area contributed by atoms with Gasteiger partial charge in [0.1, 0.15) is 10.6 Å². The zero-order valence-corrected chi connectivity index (χ0v) is 11.1. The first kappa shape index (κ1) is 11.0. The number of halogens is 1. The molecule has 0 saturated heterocycles. The minimum absolute atomic E-state index is 0.285. The van der Waals surface area contributed by atoms with Crippen LogP contribution in [0.15, 0.2) is 28.3 Å². The van der Waals surface area contributed by atoms with Crippen molar-refractivity contribution < 1.29 is 0 Å². The number of aromatic nitrogens is 2. The quantitative estimate of drug-likeness (QED) is 0.737. The van der Waals surface area contributed by atoms with Crippen LogP contribution in [0.1, 0.15) is 5.56 Å². The van der Waals surface area contributed by atoms with Gasteiger partial charge in [0, 0.05) is 6.54 Å². The van der Waals surface area contributed by atoms with Gasteiger partial charge in [0.05, 0.1) is 5.39 Å². The lowest BCUT2D eigenvalue weighted by Gasteiger charge is -2.05. The van der Waals surface area contributed by atoms with Gasteiger partial charge in [-0.3, -0.25) is 0 Å². The van der Waals surface area contributed by atoms with Crippen LogP contribution >= 0.6 is 34.3 Å². The molecule has 0 saturated carbocycles. The molecule has 0 aliphatic carbocycles. The van der Waals surface area contributed by atoms with E-state index in [-0.39, 0.29) is 5.28 Å². The fourth-order valence-electron chi connectivity index (χ4n) is 1.54. The van der Waals surface area contributed by atoms with Crippen LogP contribution < -0.4 is 5.32 Å². The maximum absolute atomic E-state index is 5.89. The third-order valence-electron chi connectivity index (χ3n) is 2.34. The van der Waals surface area contributed by atoms with Crippen molar-refractivity contribution in [3.05, 3.63) is 39.1 Å². The van der Waals surface area contributed by atoms with Crippen LogP contribution in [0.2, 0.25) is 5.28 Å². The maximum Gasteiger partial charge on any atom is 0.225 e. The van der Waals surface area contributed by atoms with E-state index >= 15 is 0 Å². The summed E-state index contributed by atoms with van der Waals surface area (Å²) in [5, 5.41) is 10.8. The second-order valence-corrected chi connectivity index (χ2v) is 5.48. The van der Waals surface area contributed by atoms with E-state index in [1.165, 1.54) is 5.56 Å². The van der Waals surface area contributed by atoms with Gasteiger partial charge >= 0.3 is 0 Å². The van der Waals surface area contributed by atoms with Gasteiger partial charge in [-0.2, -0.15) is 11.3 Å². The highest BCUT2D eigenvalue weighted by Crippen LogP contribution is 2.26. The molecule has 0 amide bonds. The molecule has 3 nitrogen and oxygen atoms in total. The summed E-state index contributed by atoms with van der Waals surface area (Å²) in [4.78, 5) is 9.32. The largest absolute Gasteiger partial charge is 0.365 e. The Hall–Kier alpha value is -1.17. The molecule has 6 heteroatoms. The van der Waals surface area contributed by atoms with Gasteiger partial charge in [0.15, 0.2) is 0 Å². The fraction of sp³-hybridized carbons (Fsp3) is 0.0909. The van der Waals surface area contributed by atoms with Crippen molar-refractivity contribution in [1.82, 2.24) is 9.97 Å². The molecular weight excluding hydrogens is 274 g/mol. The molecule has 0 atom stereocenters. The summed E-state index contributed by atoms with van der Waals surface area (Å²) in [5.74, 6) is 0.799. The number of rotatable bonds is 3. The van der Waals surface area contributed by atoms with E-state index in [1.54, 1.807) is 22.7 Å². The Morgan fingerprint density at radius 2 is 2.18 bits per heavy atom. The number of hydrogen-bond acceptors (Lipinski definition) is 5. The van der Waals surface area contributed by atoms with Crippen LogP contribution in [-0.4, -0.2) is 9.97 Å². The molecule has 0 bridgehead atoms. The van der Waals surface area contributed by atoms with Crippen LogP contribution in [0.3, 0.4) is 0 Å². The monoisotopic (exact) mass is 281 g/mol. The first-order valence-electron chi connectivity index (χ1n) is 4.98. The Morgan fingerprint density at radius 1 is 1.24 bits per heavy atom. The summed E-state index contributed by atoms with van der Waals surface area (Å²) in [6.45, 7) is 0.752. The Kier molecular flexibility index (Phi) is 2.96. The van der Waals surface area contributed by atoms with Crippen molar-refractivity contribution in [3.63, 3.8) is 0 Å². The van der Waals surface area contributed by atoms with Crippen molar-refractivity contribution in [3.8, 4) is 0 Å². The zero-order chi connectivity index (χ0) is 11.7. The smallest absolute Gasteiger partial charge is 0.225 e. The lowest BCUT2D eigenvalue weighted by atomic mass is 10.3. The van der Waals surface area contributed by atoms with Crippen molar-refractivity contribution in [2.24, 2.45) is 0 Å². The third kappa shape index (κ3) is 2.26. The standard InChI is InChI=1S/C11H8ClN3S2/c12-11-14-9(8-2-4-17-10(8)15-11)13-5-7-1-3-16-6-7/h1-4,6H,5H2,(H,13,14,15). The predicted octanol–water partition coefficient (Wildman–Crippen LogP) is 4.02. The molecule has 3 aromatic heterocycles. The fourth-order valence-corrected chi connectivity index (χ4v) is 3.19. The van der Waals surface area contributed by atoms with Gasteiger partial charge in [-0.1, -0.05) is 0 Å². The van der Waals surface area contributed by atoms with Crippen LogP contribution in [-0.2, 0) is 6.54 Å². The van der Waals surface area contributed by atoms with Crippen molar-refractivity contribution >= 4 is 50.3 Å². The SMILES string of the molecule is Clc1nc(NCc2ccsc2)c2ccsc2n1.